The van der Waals surface area contributed by atoms with E-state index >= 15 is 0 Å². The van der Waals surface area contributed by atoms with Gasteiger partial charge in [0, 0.05) is 0 Å². The Kier molecular flexibility index (Phi) is 3.47. The van der Waals surface area contributed by atoms with Gasteiger partial charge in [0.25, 0.3) is 0 Å². The van der Waals surface area contributed by atoms with Crippen LogP contribution in [0.5, 0.6) is 0 Å². The fourth-order valence-electron chi connectivity index (χ4n) is 2.03. The fourth-order valence-corrected chi connectivity index (χ4v) is 2.03. The van der Waals surface area contributed by atoms with Crippen molar-refractivity contribution in [1.82, 2.24) is 0 Å². The molecule has 1 N–H and O–H groups in total. The van der Waals surface area contributed by atoms with E-state index in [4.69, 9.17) is 5.11 Å². The largest absolute Gasteiger partial charge is 0.481 e. The van der Waals surface area contributed by atoms with Crippen molar-refractivity contribution in [3.05, 3.63) is 59.2 Å². The van der Waals surface area contributed by atoms with Gasteiger partial charge in [-0.1, -0.05) is 48.0 Å². The van der Waals surface area contributed by atoms with E-state index in [1.165, 1.54) is 5.56 Å². The number of aryl methyl sites for hydroxylation is 2. The minimum atomic E-state index is -0.792. The lowest BCUT2D eigenvalue weighted by Crippen LogP contribution is -2.02. The summed E-state index contributed by atoms with van der Waals surface area (Å²) >= 11 is 0. The van der Waals surface area contributed by atoms with E-state index in [0.717, 1.165) is 22.3 Å². The van der Waals surface area contributed by atoms with Gasteiger partial charge < -0.3 is 5.11 Å². The van der Waals surface area contributed by atoms with E-state index in [2.05, 4.69) is 19.1 Å². The van der Waals surface area contributed by atoms with Crippen molar-refractivity contribution < 1.29 is 9.90 Å². The first-order chi connectivity index (χ1) is 8.56. The van der Waals surface area contributed by atoms with Crippen LogP contribution in [0.1, 0.15) is 16.7 Å². The summed E-state index contributed by atoms with van der Waals surface area (Å²) in [5.74, 6) is -0.792. The number of carboxylic acids is 1. The van der Waals surface area contributed by atoms with Crippen molar-refractivity contribution in [2.75, 3.05) is 0 Å². The Labute approximate surface area is 107 Å². The second kappa shape index (κ2) is 5.05. The van der Waals surface area contributed by atoms with Crippen molar-refractivity contribution in [3.63, 3.8) is 0 Å². The van der Waals surface area contributed by atoms with Gasteiger partial charge in [-0.05, 0) is 36.1 Å². The van der Waals surface area contributed by atoms with Gasteiger partial charge in [-0.15, -0.1) is 0 Å². The molecule has 0 aliphatic carbocycles. The fraction of sp³-hybridized carbons (Fsp3) is 0.188. The molecular formula is C16H16O2. The highest BCUT2D eigenvalue weighted by molar-refractivity contribution is 5.73. The maximum absolute atomic E-state index is 10.8. The molecule has 0 unspecified atom stereocenters. The van der Waals surface area contributed by atoms with Crippen LogP contribution in [0.15, 0.2) is 42.5 Å². The Bertz CT molecular complexity index is 585. The molecule has 2 rings (SSSR count). The van der Waals surface area contributed by atoms with Crippen LogP contribution in [0, 0.1) is 13.8 Å². The lowest BCUT2D eigenvalue weighted by molar-refractivity contribution is -0.136. The molecule has 2 aromatic carbocycles. The molecule has 0 saturated carbocycles. The zero-order chi connectivity index (χ0) is 13.1. The molecule has 0 aliphatic rings. The third-order valence-electron chi connectivity index (χ3n) is 3.04. The number of hydrogen-bond donors (Lipinski definition) is 1. The molecular weight excluding hydrogens is 224 g/mol. The minimum absolute atomic E-state index is 0.0749. The predicted molar refractivity (Wildman–Crippen MR) is 72.7 cm³/mol. The minimum Gasteiger partial charge on any atom is -0.481 e. The van der Waals surface area contributed by atoms with Gasteiger partial charge in [0.05, 0.1) is 6.42 Å². The first-order valence-electron chi connectivity index (χ1n) is 5.94. The zero-order valence-corrected chi connectivity index (χ0v) is 10.6. The standard InChI is InChI=1S/C16H16O2/c1-11-4-3-5-13(8-11)14-7-6-12(2)15(9-14)10-16(17)18/h3-9H,10H2,1-2H3,(H,17,18). The first kappa shape index (κ1) is 12.4. The third kappa shape index (κ3) is 2.77. The molecule has 0 atom stereocenters. The molecule has 0 fully saturated rings. The van der Waals surface area contributed by atoms with E-state index in [0.29, 0.717) is 0 Å². The number of carbonyl (C=O) groups is 1. The van der Waals surface area contributed by atoms with E-state index in [1.54, 1.807) is 0 Å². The van der Waals surface area contributed by atoms with Crippen molar-refractivity contribution in [3.8, 4) is 11.1 Å². The Morgan fingerprint density at radius 3 is 2.44 bits per heavy atom. The number of benzene rings is 2. The summed E-state index contributed by atoms with van der Waals surface area (Å²) in [5, 5.41) is 8.90. The molecule has 2 heteroatoms. The highest BCUT2D eigenvalue weighted by atomic mass is 16.4. The Balaban J connectivity index is 2.43. The van der Waals surface area contributed by atoms with Gasteiger partial charge in [-0.25, -0.2) is 0 Å². The van der Waals surface area contributed by atoms with Crippen LogP contribution in [-0.2, 0) is 11.2 Å². The van der Waals surface area contributed by atoms with Crippen molar-refractivity contribution in [2.45, 2.75) is 20.3 Å². The van der Waals surface area contributed by atoms with Crippen LogP contribution in [0.3, 0.4) is 0 Å². The second-order valence-electron chi connectivity index (χ2n) is 4.58. The summed E-state index contributed by atoms with van der Waals surface area (Å²) in [6.07, 6.45) is 0.0749. The number of rotatable bonds is 3. The van der Waals surface area contributed by atoms with Gasteiger partial charge in [-0.2, -0.15) is 0 Å². The molecule has 0 amide bonds. The smallest absolute Gasteiger partial charge is 0.307 e. The maximum Gasteiger partial charge on any atom is 0.307 e. The molecule has 0 aromatic heterocycles. The molecule has 18 heavy (non-hydrogen) atoms. The molecule has 0 heterocycles. The summed E-state index contributed by atoms with van der Waals surface area (Å²) in [5.41, 5.74) is 5.30. The highest BCUT2D eigenvalue weighted by Crippen LogP contribution is 2.23. The SMILES string of the molecule is Cc1cccc(-c2ccc(C)c(CC(=O)O)c2)c1. The zero-order valence-electron chi connectivity index (χ0n) is 10.6. The second-order valence-corrected chi connectivity index (χ2v) is 4.58. The molecule has 0 aliphatic heterocycles. The van der Waals surface area contributed by atoms with Crippen LogP contribution >= 0.6 is 0 Å². The highest BCUT2D eigenvalue weighted by Gasteiger charge is 2.06. The van der Waals surface area contributed by atoms with Crippen molar-refractivity contribution in [1.29, 1.82) is 0 Å². The molecule has 0 spiro atoms. The Morgan fingerprint density at radius 2 is 1.78 bits per heavy atom. The van der Waals surface area contributed by atoms with Crippen LogP contribution < -0.4 is 0 Å². The Hall–Kier alpha value is -2.09. The lowest BCUT2D eigenvalue weighted by atomic mass is 9.97. The molecule has 0 radical (unpaired) electrons. The van der Waals surface area contributed by atoms with Crippen LogP contribution in [0.4, 0.5) is 0 Å². The van der Waals surface area contributed by atoms with Gasteiger partial charge in [0.2, 0.25) is 0 Å². The van der Waals surface area contributed by atoms with Crippen molar-refractivity contribution in [2.24, 2.45) is 0 Å². The molecule has 0 saturated heterocycles. The summed E-state index contributed by atoms with van der Waals surface area (Å²) in [6, 6.07) is 14.2. The van der Waals surface area contributed by atoms with Gasteiger partial charge in [0.1, 0.15) is 0 Å². The lowest BCUT2D eigenvalue weighted by Gasteiger charge is -2.08. The molecule has 2 aromatic rings. The van der Waals surface area contributed by atoms with Gasteiger partial charge in [-0.3, -0.25) is 4.79 Å². The topological polar surface area (TPSA) is 37.3 Å². The quantitative estimate of drug-likeness (QED) is 0.890. The van der Waals surface area contributed by atoms with E-state index < -0.39 is 5.97 Å². The van der Waals surface area contributed by atoms with Gasteiger partial charge >= 0.3 is 5.97 Å². The van der Waals surface area contributed by atoms with E-state index in [1.807, 2.05) is 37.3 Å². The average Bonchev–Trinajstić information content (AvgIpc) is 2.31. The van der Waals surface area contributed by atoms with E-state index in [-0.39, 0.29) is 6.42 Å². The summed E-state index contributed by atoms with van der Waals surface area (Å²) < 4.78 is 0. The summed E-state index contributed by atoms with van der Waals surface area (Å²) in [4.78, 5) is 10.8. The Morgan fingerprint density at radius 1 is 1.06 bits per heavy atom. The third-order valence-corrected chi connectivity index (χ3v) is 3.04. The molecule has 92 valence electrons. The monoisotopic (exact) mass is 240 g/mol. The van der Waals surface area contributed by atoms with E-state index in [9.17, 15) is 4.79 Å². The van der Waals surface area contributed by atoms with Gasteiger partial charge in [0.15, 0.2) is 0 Å². The van der Waals surface area contributed by atoms with Crippen LogP contribution in [-0.4, -0.2) is 11.1 Å². The summed E-state index contributed by atoms with van der Waals surface area (Å²) in [6.45, 7) is 3.99. The summed E-state index contributed by atoms with van der Waals surface area (Å²) in [7, 11) is 0. The molecule has 0 bridgehead atoms. The normalized spacial score (nSPS) is 10.3. The number of hydrogen-bond acceptors (Lipinski definition) is 1. The van der Waals surface area contributed by atoms with Crippen LogP contribution in [0.2, 0.25) is 0 Å². The first-order valence-corrected chi connectivity index (χ1v) is 5.94. The van der Waals surface area contributed by atoms with Crippen LogP contribution in [0.25, 0.3) is 11.1 Å². The van der Waals surface area contributed by atoms with Crippen molar-refractivity contribution >= 4 is 5.97 Å². The molecule has 2 nitrogen and oxygen atoms in total. The predicted octanol–water partition coefficient (Wildman–Crippen LogP) is 3.60. The number of carboxylic acid groups (broad SMARTS) is 1. The number of aliphatic carboxylic acids is 1. The maximum atomic E-state index is 10.8. The average molecular weight is 240 g/mol.